The third-order valence-electron chi connectivity index (χ3n) is 6.18. The molecule has 1 aromatic carbocycles. The summed E-state index contributed by atoms with van der Waals surface area (Å²) in [5.74, 6) is -0.438. The quantitative estimate of drug-likeness (QED) is 0.813. The molecule has 2 fully saturated rings. The van der Waals surface area contributed by atoms with Crippen LogP contribution in [0, 0.1) is 37.0 Å². The minimum absolute atomic E-state index is 0.000549. The van der Waals surface area contributed by atoms with Gasteiger partial charge in [0.2, 0.25) is 5.91 Å². The van der Waals surface area contributed by atoms with Gasteiger partial charge in [0.1, 0.15) is 5.82 Å². The number of hydrogen-bond donors (Lipinski definition) is 2. The molecule has 2 saturated heterocycles. The van der Waals surface area contributed by atoms with Crippen molar-refractivity contribution in [1.29, 1.82) is 5.26 Å². The van der Waals surface area contributed by atoms with Crippen LogP contribution in [0.1, 0.15) is 29.7 Å². The summed E-state index contributed by atoms with van der Waals surface area (Å²) in [6, 6.07) is 1.57. The van der Waals surface area contributed by atoms with Gasteiger partial charge in [0.25, 0.3) is 0 Å². The summed E-state index contributed by atoms with van der Waals surface area (Å²) in [5, 5.41) is 10.2. The fourth-order valence-electron chi connectivity index (χ4n) is 4.79. The first kappa shape index (κ1) is 17.7. The Kier molecular flexibility index (Phi) is 4.22. The Morgan fingerprint density at radius 1 is 1.44 bits per heavy atom. The summed E-state index contributed by atoms with van der Waals surface area (Å²) < 4.78 is 15.2. The third kappa shape index (κ3) is 2.80. The Morgan fingerprint density at radius 2 is 2.22 bits per heavy atom. The Labute approximate surface area is 157 Å². The summed E-state index contributed by atoms with van der Waals surface area (Å²) in [4.78, 5) is 18.7. The lowest BCUT2D eigenvalue weighted by molar-refractivity contribution is -0.117. The molecule has 27 heavy (non-hydrogen) atoms. The number of nitrogens with zero attached hydrogens (tertiary/aromatic N) is 3. The van der Waals surface area contributed by atoms with Crippen molar-refractivity contribution < 1.29 is 9.18 Å². The molecule has 2 aliphatic heterocycles. The second-order valence-electron chi connectivity index (χ2n) is 7.80. The second-order valence-corrected chi connectivity index (χ2v) is 7.80. The molecule has 3 N–H and O–H groups in total. The van der Waals surface area contributed by atoms with Gasteiger partial charge in [-0.3, -0.25) is 4.79 Å². The highest BCUT2D eigenvalue weighted by atomic mass is 19.1. The molecule has 1 amide bonds. The van der Waals surface area contributed by atoms with Crippen LogP contribution >= 0.6 is 0 Å². The van der Waals surface area contributed by atoms with Crippen LogP contribution in [0.5, 0.6) is 0 Å². The van der Waals surface area contributed by atoms with Crippen LogP contribution in [0.3, 0.4) is 0 Å². The van der Waals surface area contributed by atoms with E-state index in [0.29, 0.717) is 23.7 Å². The van der Waals surface area contributed by atoms with Gasteiger partial charge in [0.15, 0.2) is 6.19 Å². The number of aromatic nitrogens is 1. The minimum atomic E-state index is -0.481. The number of aryl methyl sites for hydroxylation is 2. The number of anilines is 1. The van der Waals surface area contributed by atoms with Crippen molar-refractivity contribution in [3.8, 4) is 6.19 Å². The van der Waals surface area contributed by atoms with Gasteiger partial charge in [-0.1, -0.05) is 0 Å². The molecular weight excluding hydrogens is 345 g/mol. The minimum Gasteiger partial charge on any atom is -0.369 e. The second kappa shape index (κ2) is 6.45. The highest BCUT2D eigenvalue weighted by Crippen LogP contribution is 2.40. The lowest BCUT2D eigenvalue weighted by atomic mass is 9.93. The molecule has 0 radical (unpaired) electrons. The third-order valence-corrected chi connectivity index (χ3v) is 6.18. The number of nitrogens with two attached hydrogens (primary N) is 1. The first-order valence-corrected chi connectivity index (χ1v) is 9.40. The summed E-state index contributed by atoms with van der Waals surface area (Å²) in [6.07, 6.45) is 4.37. The number of benzene rings is 1. The number of carbonyl (C=O) groups is 1. The van der Waals surface area contributed by atoms with E-state index in [4.69, 9.17) is 5.73 Å². The van der Waals surface area contributed by atoms with Crippen LogP contribution in [0.2, 0.25) is 0 Å². The molecule has 1 aromatic heterocycles. The molecule has 0 aliphatic carbocycles. The Bertz CT molecular complexity index is 960. The molecule has 0 bridgehead atoms. The number of amides is 1. The number of carbonyl (C=O) groups excluding carboxylic acids is 1. The number of hydrogen-bond acceptors (Lipinski definition) is 4. The standard InChI is InChI=1S/C20H24FN5O/c1-11-12(2)24-19-14(7-17(23)27)6-15(21)20(18(11)19)26-8-13-4-3-5-25(10-22)16(13)9-26/h6,13,16,24H,3-5,7-9H2,1-2H3,(H2,23,27)/t13-,16+/m1/s1. The van der Waals surface area contributed by atoms with Crippen molar-refractivity contribution in [2.75, 3.05) is 24.5 Å². The van der Waals surface area contributed by atoms with E-state index in [-0.39, 0.29) is 18.3 Å². The number of halogens is 1. The first-order chi connectivity index (χ1) is 12.9. The van der Waals surface area contributed by atoms with Gasteiger partial charge >= 0.3 is 0 Å². The van der Waals surface area contributed by atoms with Gasteiger partial charge in [-0.2, -0.15) is 5.26 Å². The highest BCUT2D eigenvalue weighted by Gasteiger charge is 2.40. The van der Waals surface area contributed by atoms with Gasteiger partial charge in [-0.25, -0.2) is 4.39 Å². The van der Waals surface area contributed by atoms with Crippen LogP contribution in [0.4, 0.5) is 10.1 Å². The predicted octanol–water partition coefficient (Wildman–Crippen LogP) is 2.33. The maximum absolute atomic E-state index is 15.2. The summed E-state index contributed by atoms with van der Waals surface area (Å²) in [5.41, 5.74) is 9.25. The number of primary amides is 1. The van der Waals surface area contributed by atoms with E-state index in [2.05, 4.69) is 16.1 Å². The first-order valence-electron chi connectivity index (χ1n) is 9.40. The van der Waals surface area contributed by atoms with E-state index in [1.807, 2.05) is 18.7 Å². The van der Waals surface area contributed by atoms with Crippen LogP contribution in [-0.2, 0) is 11.2 Å². The molecule has 3 heterocycles. The largest absolute Gasteiger partial charge is 0.369 e. The van der Waals surface area contributed by atoms with Gasteiger partial charge < -0.3 is 20.5 Å². The summed E-state index contributed by atoms with van der Waals surface area (Å²) in [7, 11) is 0. The van der Waals surface area contributed by atoms with Crippen molar-refractivity contribution in [2.24, 2.45) is 11.7 Å². The number of fused-ring (bicyclic) bond motifs is 2. The summed E-state index contributed by atoms with van der Waals surface area (Å²) >= 11 is 0. The van der Waals surface area contributed by atoms with E-state index in [1.165, 1.54) is 6.07 Å². The fourth-order valence-corrected chi connectivity index (χ4v) is 4.79. The lowest BCUT2D eigenvalue weighted by Crippen LogP contribution is -2.42. The van der Waals surface area contributed by atoms with E-state index < -0.39 is 5.91 Å². The van der Waals surface area contributed by atoms with Gasteiger partial charge in [0, 0.05) is 30.7 Å². The zero-order valence-corrected chi connectivity index (χ0v) is 15.7. The SMILES string of the molecule is Cc1[nH]c2c(CC(N)=O)cc(F)c(N3C[C@H]4CCCN(C#N)[C@H]4C3)c2c1C. The molecule has 6 nitrogen and oxygen atoms in total. The van der Waals surface area contributed by atoms with E-state index in [0.717, 1.165) is 48.1 Å². The zero-order valence-electron chi connectivity index (χ0n) is 15.7. The fraction of sp³-hybridized carbons (Fsp3) is 0.500. The monoisotopic (exact) mass is 369 g/mol. The lowest BCUT2D eigenvalue weighted by Gasteiger charge is -2.32. The molecule has 2 aliphatic rings. The van der Waals surface area contributed by atoms with Crippen molar-refractivity contribution in [3.05, 3.63) is 28.7 Å². The van der Waals surface area contributed by atoms with Crippen molar-refractivity contribution in [1.82, 2.24) is 9.88 Å². The number of rotatable bonds is 3. The summed E-state index contributed by atoms with van der Waals surface area (Å²) in [6.45, 7) is 6.09. The number of nitriles is 1. The average Bonchev–Trinajstić information content (AvgIpc) is 3.17. The normalized spacial score (nSPS) is 22.1. The maximum Gasteiger partial charge on any atom is 0.221 e. The molecule has 0 unspecified atom stereocenters. The topological polar surface area (TPSA) is 89.2 Å². The van der Waals surface area contributed by atoms with Crippen LogP contribution in [-0.4, -0.2) is 41.5 Å². The van der Waals surface area contributed by atoms with E-state index >= 15 is 4.39 Å². The molecular formula is C20H24FN5O. The van der Waals surface area contributed by atoms with Crippen molar-refractivity contribution in [3.63, 3.8) is 0 Å². The predicted molar refractivity (Wildman–Crippen MR) is 102 cm³/mol. The smallest absolute Gasteiger partial charge is 0.221 e. The highest BCUT2D eigenvalue weighted by molar-refractivity contribution is 6.00. The molecule has 142 valence electrons. The van der Waals surface area contributed by atoms with Crippen LogP contribution in [0.15, 0.2) is 6.07 Å². The van der Waals surface area contributed by atoms with Gasteiger partial charge in [-0.15, -0.1) is 0 Å². The number of H-pyrrole nitrogens is 1. The van der Waals surface area contributed by atoms with Gasteiger partial charge in [-0.05, 0) is 49.8 Å². The maximum atomic E-state index is 15.2. The number of piperidine rings is 1. The Balaban J connectivity index is 1.82. The van der Waals surface area contributed by atoms with Crippen LogP contribution < -0.4 is 10.6 Å². The number of aromatic amines is 1. The Morgan fingerprint density at radius 3 is 2.93 bits per heavy atom. The zero-order chi connectivity index (χ0) is 19.3. The molecule has 2 aromatic rings. The van der Waals surface area contributed by atoms with Crippen molar-refractivity contribution >= 4 is 22.5 Å². The van der Waals surface area contributed by atoms with Crippen molar-refractivity contribution in [2.45, 2.75) is 39.2 Å². The number of likely N-dealkylation sites (tertiary alicyclic amines) is 1. The number of nitrogens with one attached hydrogen (secondary N) is 1. The van der Waals surface area contributed by atoms with E-state index in [9.17, 15) is 10.1 Å². The van der Waals surface area contributed by atoms with E-state index in [1.54, 1.807) is 0 Å². The van der Waals surface area contributed by atoms with Crippen LogP contribution in [0.25, 0.3) is 10.9 Å². The van der Waals surface area contributed by atoms with Gasteiger partial charge in [0.05, 0.1) is 23.7 Å². The molecule has 2 atom stereocenters. The molecule has 0 spiro atoms. The Hall–Kier alpha value is -2.75. The molecule has 7 heteroatoms. The molecule has 0 saturated carbocycles. The average molecular weight is 369 g/mol. The molecule has 4 rings (SSSR count).